The van der Waals surface area contributed by atoms with Gasteiger partial charge in [-0.1, -0.05) is 19.4 Å². The van der Waals surface area contributed by atoms with E-state index in [0.717, 1.165) is 38.5 Å². The second kappa shape index (κ2) is 7.28. The number of nitrogens with zero attached hydrogens (tertiary/aromatic N) is 2. The first-order chi connectivity index (χ1) is 11.1. The quantitative estimate of drug-likeness (QED) is 0.830. The Morgan fingerprint density at radius 3 is 2.61 bits per heavy atom. The standard InChI is InChI=1S/C17H27N3O2S/c1-2-4-17(14-5-3-10-18-13-14)19-15-8-11-20(12-9-15)23(21,22)16-6-7-16/h3,5,10,13,15-17,19H,2,4,6-9,11-12H2,1H3/t17-/m1/s1. The zero-order chi connectivity index (χ0) is 16.3. The zero-order valence-corrected chi connectivity index (χ0v) is 14.6. The molecule has 1 saturated carbocycles. The summed E-state index contributed by atoms with van der Waals surface area (Å²) >= 11 is 0. The van der Waals surface area contributed by atoms with Gasteiger partial charge in [0.15, 0.2) is 0 Å². The molecule has 0 spiro atoms. The van der Waals surface area contributed by atoms with Gasteiger partial charge >= 0.3 is 0 Å². The number of piperidine rings is 1. The smallest absolute Gasteiger partial charge is 0.216 e. The fourth-order valence-corrected chi connectivity index (χ4v) is 5.23. The Kier molecular flexibility index (Phi) is 5.34. The summed E-state index contributed by atoms with van der Waals surface area (Å²) < 4.78 is 26.3. The molecule has 1 atom stereocenters. The molecule has 1 aliphatic carbocycles. The Morgan fingerprint density at radius 2 is 2.04 bits per heavy atom. The van der Waals surface area contributed by atoms with Crippen LogP contribution in [0, 0.1) is 0 Å². The molecule has 3 rings (SSSR count). The van der Waals surface area contributed by atoms with Crippen LogP contribution >= 0.6 is 0 Å². The molecular weight excluding hydrogens is 310 g/mol. The number of nitrogens with one attached hydrogen (secondary N) is 1. The second-order valence-corrected chi connectivity index (χ2v) is 8.92. The van der Waals surface area contributed by atoms with Gasteiger partial charge in [0.1, 0.15) is 0 Å². The van der Waals surface area contributed by atoms with Crippen LogP contribution in [0.4, 0.5) is 0 Å². The molecule has 2 fully saturated rings. The van der Waals surface area contributed by atoms with Crippen LogP contribution in [0.5, 0.6) is 0 Å². The molecule has 2 aliphatic rings. The van der Waals surface area contributed by atoms with E-state index in [2.05, 4.69) is 23.3 Å². The van der Waals surface area contributed by atoms with Crippen molar-refractivity contribution in [3.05, 3.63) is 30.1 Å². The van der Waals surface area contributed by atoms with E-state index in [0.29, 0.717) is 25.2 Å². The summed E-state index contributed by atoms with van der Waals surface area (Å²) in [6, 6.07) is 4.79. The van der Waals surface area contributed by atoms with Gasteiger partial charge in [0.25, 0.3) is 0 Å². The number of pyridine rings is 1. The van der Waals surface area contributed by atoms with Gasteiger partial charge in [0.2, 0.25) is 10.0 Å². The second-order valence-electron chi connectivity index (χ2n) is 6.71. The Balaban J connectivity index is 1.56. The van der Waals surface area contributed by atoms with Gasteiger partial charge in [-0.15, -0.1) is 0 Å². The average molecular weight is 337 g/mol. The summed E-state index contributed by atoms with van der Waals surface area (Å²) in [5, 5.41) is 3.64. The Hall–Kier alpha value is -0.980. The fraction of sp³-hybridized carbons (Fsp3) is 0.706. The average Bonchev–Trinajstić information content (AvgIpc) is 3.41. The largest absolute Gasteiger partial charge is 0.307 e. The molecule has 0 unspecified atom stereocenters. The van der Waals surface area contributed by atoms with Gasteiger partial charge in [0, 0.05) is 37.6 Å². The molecule has 2 heterocycles. The predicted molar refractivity (Wildman–Crippen MR) is 91.6 cm³/mol. The van der Waals surface area contributed by atoms with Gasteiger partial charge in [-0.3, -0.25) is 4.98 Å². The SMILES string of the molecule is CCC[C@@H](NC1CCN(S(=O)(=O)C2CC2)CC1)c1cccnc1. The van der Waals surface area contributed by atoms with Crippen molar-refractivity contribution in [3.8, 4) is 0 Å². The molecule has 6 heteroatoms. The lowest BCUT2D eigenvalue weighted by Crippen LogP contribution is -2.46. The maximum absolute atomic E-state index is 12.3. The topological polar surface area (TPSA) is 62.3 Å². The van der Waals surface area contributed by atoms with Crippen molar-refractivity contribution in [3.63, 3.8) is 0 Å². The molecule has 0 radical (unpaired) electrons. The van der Waals surface area contributed by atoms with Gasteiger partial charge in [0.05, 0.1) is 5.25 Å². The Morgan fingerprint density at radius 1 is 1.30 bits per heavy atom. The van der Waals surface area contributed by atoms with Crippen molar-refractivity contribution in [1.82, 2.24) is 14.6 Å². The van der Waals surface area contributed by atoms with Crippen molar-refractivity contribution in [2.24, 2.45) is 0 Å². The van der Waals surface area contributed by atoms with Crippen LogP contribution in [0.1, 0.15) is 57.1 Å². The summed E-state index contributed by atoms with van der Waals surface area (Å²) in [5.41, 5.74) is 1.22. The van der Waals surface area contributed by atoms with Crippen LogP contribution in [0.25, 0.3) is 0 Å². The lowest BCUT2D eigenvalue weighted by atomic mass is 10.00. The molecule has 0 bridgehead atoms. The highest BCUT2D eigenvalue weighted by Gasteiger charge is 2.41. The number of aromatic nitrogens is 1. The molecule has 1 aliphatic heterocycles. The van der Waals surface area contributed by atoms with Crippen LogP contribution in [0.2, 0.25) is 0 Å². The third-order valence-corrected chi connectivity index (χ3v) is 7.26. The van der Waals surface area contributed by atoms with E-state index in [-0.39, 0.29) is 5.25 Å². The lowest BCUT2D eigenvalue weighted by Gasteiger charge is -2.34. The maximum atomic E-state index is 12.3. The van der Waals surface area contributed by atoms with Crippen molar-refractivity contribution < 1.29 is 8.42 Å². The minimum absolute atomic E-state index is 0.0877. The monoisotopic (exact) mass is 337 g/mol. The fourth-order valence-electron chi connectivity index (χ4n) is 3.36. The van der Waals surface area contributed by atoms with Crippen LogP contribution in [-0.2, 0) is 10.0 Å². The summed E-state index contributed by atoms with van der Waals surface area (Å²) in [5.74, 6) is 0. The van der Waals surface area contributed by atoms with Gasteiger partial charge < -0.3 is 5.32 Å². The summed E-state index contributed by atoms with van der Waals surface area (Å²) in [6.07, 6.45) is 9.40. The third-order valence-electron chi connectivity index (χ3n) is 4.86. The minimum Gasteiger partial charge on any atom is -0.307 e. The number of hydrogen-bond donors (Lipinski definition) is 1. The van der Waals surface area contributed by atoms with E-state index < -0.39 is 10.0 Å². The van der Waals surface area contributed by atoms with Gasteiger partial charge in [-0.2, -0.15) is 0 Å². The molecule has 1 aromatic heterocycles. The normalized spacial score (nSPS) is 22.1. The molecule has 5 nitrogen and oxygen atoms in total. The molecule has 1 N–H and O–H groups in total. The number of hydrogen-bond acceptors (Lipinski definition) is 4. The van der Waals surface area contributed by atoms with Gasteiger partial charge in [-0.25, -0.2) is 12.7 Å². The van der Waals surface area contributed by atoms with Crippen LogP contribution in [0.3, 0.4) is 0 Å². The highest BCUT2D eigenvalue weighted by molar-refractivity contribution is 7.90. The Labute approximate surface area is 139 Å². The highest BCUT2D eigenvalue weighted by atomic mass is 32.2. The minimum atomic E-state index is -3.01. The highest BCUT2D eigenvalue weighted by Crippen LogP contribution is 2.32. The molecule has 23 heavy (non-hydrogen) atoms. The van der Waals surface area contributed by atoms with Gasteiger partial charge in [-0.05, 0) is 43.7 Å². The van der Waals surface area contributed by atoms with E-state index in [9.17, 15) is 8.42 Å². The first kappa shape index (κ1) is 16.9. The number of sulfonamides is 1. The first-order valence-corrected chi connectivity index (χ1v) is 10.3. The van der Waals surface area contributed by atoms with E-state index in [1.165, 1.54) is 5.56 Å². The zero-order valence-electron chi connectivity index (χ0n) is 13.8. The summed E-state index contributed by atoms with van der Waals surface area (Å²) in [7, 11) is -3.01. The van der Waals surface area contributed by atoms with Crippen LogP contribution in [-0.4, -0.2) is 42.1 Å². The molecule has 0 amide bonds. The lowest BCUT2D eigenvalue weighted by molar-refractivity contribution is 0.269. The maximum Gasteiger partial charge on any atom is 0.216 e. The van der Waals surface area contributed by atoms with E-state index in [1.807, 2.05) is 12.3 Å². The van der Waals surface area contributed by atoms with E-state index >= 15 is 0 Å². The molecule has 128 valence electrons. The molecular formula is C17H27N3O2S. The molecule has 1 saturated heterocycles. The number of rotatable bonds is 7. The third kappa shape index (κ3) is 4.11. The van der Waals surface area contributed by atoms with Crippen LogP contribution < -0.4 is 5.32 Å². The summed E-state index contributed by atoms with van der Waals surface area (Å²) in [4.78, 5) is 4.22. The Bertz CT molecular complexity index is 594. The van der Waals surface area contributed by atoms with Crippen LogP contribution in [0.15, 0.2) is 24.5 Å². The van der Waals surface area contributed by atoms with E-state index in [1.54, 1.807) is 10.5 Å². The summed E-state index contributed by atoms with van der Waals surface area (Å²) in [6.45, 7) is 3.50. The predicted octanol–water partition coefficient (Wildman–Crippen LogP) is 2.47. The first-order valence-electron chi connectivity index (χ1n) is 8.76. The van der Waals surface area contributed by atoms with Crippen molar-refractivity contribution in [2.45, 2.75) is 62.8 Å². The van der Waals surface area contributed by atoms with Crippen molar-refractivity contribution in [1.29, 1.82) is 0 Å². The molecule has 0 aromatic carbocycles. The van der Waals surface area contributed by atoms with E-state index in [4.69, 9.17) is 0 Å². The van der Waals surface area contributed by atoms with Crippen molar-refractivity contribution in [2.75, 3.05) is 13.1 Å². The van der Waals surface area contributed by atoms with Crippen molar-refractivity contribution >= 4 is 10.0 Å². The molecule has 1 aromatic rings.